The number of unbranched alkanes of at least 4 members (excludes halogenated alkanes) is 2. The number of aldehydes is 1. The highest BCUT2D eigenvalue weighted by molar-refractivity contribution is 7.09. The van der Waals surface area contributed by atoms with Gasteiger partial charge in [-0.15, -0.1) is 0 Å². The summed E-state index contributed by atoms with van der Waals surface area (Å²) >= 11 is 0. The molecule has 0 bridgehead atoms. The monoisotopic (exact) mass is 280 g/mol. The van der Waals surface area contributed by atoms with Gasteiger partial charge in [-0.3, -0.25) is 0 Å². The van der Waals surface area contributed by atoms with E-state index in [2.05, 4.69) is 34.3 Å². The third-order valence-corrected chi connectivity index (χ3v) is 3.92. The largest absolute Gasteiger partial charge is 0.350 e. The Balaban J connectivity index is 2.15. The van der Waals surface area contributed by atoms with E-state index in [0.717, 1.165) is 25.5 Å². The van der Waals surface area contributed by atoms with Crippen molar-refractivity contribution in [3.63, 3.8) is 0 Å². The van der Waals surface area contributed by atoms with E-state index in [1.165, 1.54) is 25.7 Å². The molecule has 0 heterocycles. The maximum Gasteiger partial charge on any atom is 0.122 e. The lowest BCUT2D eigenvalue weighted by Gasteiger charge is -2.06. The fourth-order valence-corrected chi connectivity index (χ4v) is 2.41. The Bertz CT molecular complexity index is 340. The summed E-state index contributed by atoms with van der Waals surface area (Å²) in [4.78, 5) is 10.3. The zero-order valence-electron chi connectivity index (χ0n) is 11.8. The molecular formula is C16H25O2P. The van der Waals surface area contributed by atoms with Gasteiger partial charge in [0.15, 0.2) is 0 Å². The SMILES string of the molecule is CCCCCC(C#C/C=C\C[C@@H]1C[C@H]1CC=O)OP. The van der Waals surface area contributed by atoms with Crippen LogP contribution in [0.1, 0.15) is 51.9 Å². The second-order valence-corrected chi connectivity index (χ2v) is 5.48. The normalized spacial score (nSPS) is 22.8. The van der Waals surface area contributed by atoms with Crippen LogP contribution in [0, 0.1) is 23.7 Å². The number of rotatable bonds is 9. The van der Waals surface area contributed by atoms with E-state index in [1.807, 2.05) is 6.08 Å². The van der Waals surface area contributed by atoms with Crippen molar-refractivity contribution >= 4 is 15.8 Å². The van der Waals surface area contributed by atoms with Crippen molar-refractivity contribution in [2.45, 2.75) is 58.0 Å². The van der Waals surface area contributed by atoms with Gasteiger partial charge < -0.3 is 9.32 Å². The summed E-state index contributed by atoms with van der Waals surface area (Å²) in [6.07, 6.45) is 12.7. The van der Waals surface area contributed by atoms with Crippen molar-refractivity contribution in [2.75, 3.05) is 0 Å². The second kappa shape index (κ2) is 10.2. The predicted molar refractivity (Wildman–Crippen MR) is 82.5 cm³/mol. The van der Waals surface area contributed by atoms with E-state index in [-0.39, 0.29) is 6.10 Å². The zero-order valence-corrected chi connectivity index (χ0v) is 13.0. The number of hydrogen-bond acceptors (Lipinski definition) is 2. The summed E-state index contributed by atoms with van der Waals surface area (Å²) in [5.74, 6) is 7.52. The lowest BCUT2D eigenvalue weighted by atomic mass is 10.1. The van der Waals surface area contributed by atoms with Gasteiger partial charge in [0.05, 0.1) is 0 Å². The molecule has 1 rings (SSSR count). The fraction of sp³-hybridized carbons (Fsp3) is 0.688. The van der Waals surface area contributed by atoms with Gasteiger partial charge in [0.1, 0.15) is 12.4 Å². The molecule has 3 heteroatoms. The minimum Gasteiger partial charge on any atom is -0.350 e. The smallest absolute Gasteiger partial charge is 0.122 e. The average molecular weight is 280 g/mol. The third kappa shape index (κ3) is 7.51. The van der Waals surface area contributed by atoms with Crippen LogP contribution in [0.4, 0.5) is 0 Å². The molecule has 2 unspecified atom stereocenters. The van der Waals surface area contributed by atoms with E-state index in [4.69, 9.17) is 4.52 Å². The highest BCUT2D eigenvalue weighted by Gasteiger charge is 2.34. The molecule has 106 valence electrons. The first-order chi connectivity index (χ1) is 9.31. The van der Waals surface area contributed by atoms with E-state index in [9.17, 15) is 4.79 Å². The maximum absolute atomic E-state index is 10.3. The highest BCUT2D eigenvalue weighted by atomic mass is 31.0. The average Bonchev–Trinajstić information content (AvgIpc) is 3.15. The molecule has 0 N–H and O–H groups in total. The van der Waals surface area contributed by atoms with Gasteiger partial charge in [-0.1, -0.05) is 37.7 Å². The summed E-state index contributed by atoms with van der Waals surface area (Å²) in [6, 6.07) is 0. The van der Waals surface area contributed by atoms with Crippen LogP contribution < -0.4 is 0 Å². The molecule has 0 saturated heterocycles. The Kier molecular flexibility index (Phi) is 8.80. The van der Waals surface area contributed by atoms with Crippen molar-refractivity contribution in [3.8, 4) is 11.8 Å². The summed E-state index contributed by atoms with van der Waals surface area (Å²) in [7, 11) is 2.31. The van der Waals surface area contributed by atoms with E-state index >= 15 is 0 Å². The lowest BCUT2D eigenvalue weighted by Crippen LogP contribution is -2.03. The quantitative estimate of drug-likeness (QED) is 0.277. The summed E-state index contributed by atoms with van der Waals surface area (Å²) < 4.78 is 5.26. The Hall–Kier alpha value is -0.640. The van der Waals surface area contributed by atoms with Crippen LogP contribution in [0.15, 0.2) is 12.2 Å². The molecule has 1 fully saturated rings. The zero-order chi connectivity index (χ0) is 13.9. The van der Waals surface area contributed by atoms with Crippen LogP contribution in [-0.4, -0.2) is 12.4 Å². The minimum atomic E-state index is 0.0323. The van der Waals surface area contributed by atoms with Crippen molar-refractivity contribution in [1.82, 2.24) is 0 Å². The van der Waals surface area contributed by atoms with Crippen LogP contribution in [0.5, 0.6) is 0 Å². The molecule has 0 aromatic heterocycles. The molecular weight excluding hydrogens is 255 g/mol. The third-order valence-electron chi connectivity index (χ3n) is 3.59. The van der Waals surface area contributed by atoms with Gasteiger partial charge in [0.2, 0.25) is 0 Å². The van der Waals surface area contributed by atoms with Crippen molar-refractivity contribution in [3.05, 3.63) is 12.2 Å². The molecule has 0 amide bonds. The van der Waals surface area contributed by atoms with Crippen LogP contribution >= 0.6 is 9.47 Å². The van der Waals surface area contributed by atoms with Crippen LogP contribution in [0.3, 0.4) is 0 Å². The van der Waals surface area contributed by atoms with Crippen molar-refractivity contribution in [1.29, 1.82) is 0 Å². The molecule has 0 aromatic carbocycles. The topological polar surface area (TPSA) is 26.3 Å². The molecule has 1 saturated carbocycles. The Morgan fingerprint density at radius 3 is 2.84 bits per heavy atom. The Morgan fingerprint density at radius 2 is 2.16 bits per heavy atom. The summed E-state index contributed by atoms with van der Waals surface area (Å²) in [5, 5.41) is 0. The van der Waals surface area contributed by atoms with Crippen LogP contribution in [-0.2, 0) is 9.32 Å². The number of carbonyl (C=O) groups is 1. The lowest BCUT2D eigenvalue weighted by molar-refractivity contribution is -0.108. The highest BCUT2D eigenvalue weighted by Crippen LogP contribution is 2.43. The van der Waals surface area contributed by atoms with E-state index in [0.29, 0.717) is 11.8 Å². The minimum absolute atomic E-state index is 0.0323. The van der Waals surface area contributed by atoms with Crippen LogP contribution in [0.25, 0.3) is 0 Å². The molecule has 2 nitrogen and oxygen atoms in total. The van der Waals surface area contributed by atoms with Gasteiger partial charge >= 0.3 is 0 Å². The fourth-order valence-electron chi connectivity index (χ4n) is 2.21. The Morgan fingerprint density at radius 1 is 1.37 bits per heavy atom. The standard InChI is InChI=1S/C16H25O2P/c1-2-3-5-9-16(18-19)10-7-4-6-8-14-13-15(14)11-12-17/h4,6,12,14-16H,2-3,5,8-9,11,13,19H2,1H3/b6-4-/t14-,15-,16?/m1/s1. The van der Waals surface area contributed by atoms with Gasteiger partial charge in [0.25, 0.3) is 0 Å². The molecule has 1 aliphatic rings. The first kappa shape index (κ1) is 16.4. The van der Waals surface area contributed by atoms with Crippen molar-refractivity contribution in [2.24, 2.45) is 11.8 Å². The van der Waals surface area contributed by atoms with Gasteiger partial charge in [-0.05, 0) is 43.6 Å². The summed E-state index contributed by atoms with van der Waals surface area (Å²) in [5.41, 5.74) is 0. The second-order valence-electron chi connectivity index (χ2n) is 5.21. The van der Waals surface area contributed by atoms with Crippen LogP contribution in [0.2, 0.25) is 0 Å². The van der Waals surface area contributed by atoms with Gasteiger partial charge in [-0.25, -0.2) is 0 Å². The van der Waals surface area contributed by atoms with Gasteiger partial charge in [0, 0.05) is 15.9 Å². The molecule has 0 aliphatic heterocycles. The summed E-state index contributed by atoms with van der Waals surface area (Å²) in [6.45, 7) is 2.20. The number of allylic oxidation sites excluding steroid dienone is 2. The Labute approximate surface area is 119 Å². The van der Waals surface area contributed by atoms with Crippen molar-refractivity contribution < 1.29 is 9.32 Å². The molecule has 0 spiro atoms. The van der Waals surface area contributed by atoms with E-state index < -0.39 is 0 Å². The van der Waals surface area contributed by atoms with Gasteiger partial charge in [-0.2, -0.15) is 0 Å². The molecule has 0 radical (unpaired) electrons. The molecule has 1 aliphatic carbocycles. The van der Waals surface area contributed by atoms with E-state index in [1.54, 1.807) is 0 Å². The molecule has 19 heavy (non-hydrogen) atoms. The number of hydrogen-bond donors (Lipinski definition) is 0. The molecule has 0 aromatic rings. The maximum atomic E-state index is 10.3. The number of carbonyl (C=O) groups excluding carboxylic acids is 1. The first-order valence-corrected chi connectivity index (χ1v) is 7.74. The first-order valence-electron chi connectivity index (χ1n) is 7.27. The molecule has 4 atom stereocenters. The predicted octanol–water partition coefficient (Wildman–Crippen LogP) is 3.92.